The normalized spacial score (nSPS) is 22.2. The molecular formula is C18H25N3O2. The molecule has 0 saturated carbocycles. The predicted octanol–water partition coefficient (Wildman–Crippen LogP) is 2.67. The van der Waals surface area contributed by atoms with Gasteiger partial charge < -0.3 is 15.5 Å². The minimum Gasteiger partial charge on any atom is -0.370 e. The number of nitrogens with zero attached hydrogens (tertiary/aromatic N) is 1. The molecule has 0 unspecified atom stereocenters. The summed E-state index contributed by atoms with van der Waals surface area (Å²) in [6, 6.07) is 7.56. The van der Waals surface area contributed by atoms with Gasteiger partial charge in [-0.3, -0.25) is 9.59 Å². The first-order chi connectivity index (χ1) is 11.2. The third-order valence-electron chi connectivity index (χ3n) is 4.66. The van der Waals surface area contributed by atoms with Crippen LogP contribution in [0.1, 0.15) is 44.9 Å². The Labute approximate surface area is 137 Å². The van der Waals surface area contributed by atoms with Crippen molar-refractivity contribution in [2.24, 2.45) is 0 Å². The summed E-state index contributed by atoms with van der Waals surface area (Å²) in [5.41, 5.74) is 1.93. The molecule has 0 spiro atoms. The van der Waals surface area contributed by atoms with Gasteiger partial charge in [0.05, 0.1) is 11.4 Å². The zero-order valence-corrected chi connectivity index (χ0v) is 13.5. The van der Waals surface area contributed by atoms with Crippen LogP contribution in [0.5, 0.6) is 0 Å². The van der Waals surface area contributed by atoms with Gasteiger partial charge in [0.1, 0.15) is 6.04 Å². The van der Waals surface area contributed by atoms with Gasteiger partial charge in [-0.25, -0.2) is 0 Å². The van der Waals surface area contributed by atoms with E-state index in [9.17, 15) is 9.59 Å². The summed E-state index contributed by atoms with van der Waals surface area (Å²) in [4.78, 5) is 26.3. The van der Waals surface area contributed by atoms with Crippen molar-refractivity contribution in [1.82, 2.24) is 5.32 Å². The number of nitrogens with one attached hydrogen (secondary N) is 2. The Kier molecular flexibility index (Phi) is 5.16. The van der Waals surface area contributed by atoms with E-state index in [-0.39, 0.29) is 11.8 Å². The van der Waals surface area contributed by atoms with Crippen LogP contribution >= 0.6 is 0 Å². The number of carbonyl (C=O) groups excluding carboxylic acids is 2. The predicted molar refractivity (Wildman–Crippen MR) is 91.5 cm³/mol. The summed E-state index contributed by atoms with van der Waals surface area (Å²) in [6.07, 6.45) is 6.95. The molecular weight excluding hydrogens is 290 g/mol. The standard InChI is InChI=1S/C18H25N3O2/c22-17-11-7-9-15(19-17)18(23)20-14-8-3-4-10-16(14)21-12-5-1-2-6-13-21/h3-4,8,10,15H,1-2,5-7,9,11-13H2,(H,19,22)(H,20,23)/t15-/m1/s1. The van der Waals surface area contributed by atoms with Crippen LogP contribution in [0, 0.1) is 0 Å². The number of hydrogen-bond donors (Lipinski definition) is 2. The van der Waals surface area contributed by atoms with Gasteiger partial charge in [-0.15, -0.1) is 0 Å². The summed E-state index contributed by atoms with van der Waals surface area (Å²) < 4.78 is 0. The Hall–Kier alpha value is -2.04. The van der Waals surface area contributed by atoms with Gasteiger partial charge in [0.15, 0.2) is 0 Å². The Morgan fingerprint density at radius 1 is 1.09 bits per heavy atom. The lowest BCUT2D eigenvalue weighted by Crippen LogP contribution is -2.46. The highest BCUT2D eigenvalue weighted by molar-refractivity contribution is 6.00. The summed E-state index contributed by atoms with van der Waals surface area (Å²) in [5, 5.41) is 5.80. The number of anilines is 2. The number of piperidine rings is 1. The fourth-order valence-corrected chi connectivity index (χ4v) is 3.39. The summed E-state index contributed by atoms with van der Waals surface area (Å²) in [5.74, 6) is -0.141. The fourth-order valence-electron chi connectivity index (χ4n) is 3.39. The van der Waals surface area contributed by atoms with Crippen LogP contribution in [-0.2, 0) is 9.59 Å². The van der Waals surface area contributed by atoms with Crippen molar-refractivity contribution < 1.29 is 9.59 Å². The van der Waals surface area contributed by atoms with E-state index in [1.807, 2.05) is 18.2 Å². The van der Waals surface area contributed by atoms with Crippen molar-refractivity contribution in [3.63, 3.8) is 0 Å². The van der Waals surface area contributed by atoms with Crippen molar-refractivity contribution in [3.05, 3.63) is 24.3 Å². The monoisotopic (exact) mass is 315 g/mol. The van der Waals surface area contributed by atoms with Crippen LogP contribution in [0.25, 0.3) is 0 Å². The summed E-state index contributed by atoms with van der Waals surface area (Å²) >= 11 is 0. The molecule has 2 saturated heterocycles. The fraction of sp³-hybridized carbons (Fsp3) is 0.556. The molecule has 1 atom stereocenters. The zero-order valence-electron chi connectivity index (χ0n) is 13.5. The highest BCUT2D eigenvalue weighted by Gasteiger charge is 2.25. The molecule has 5 nitrogen and oxygen atoms in total. The van der Waals surface area contributed by atoms with Crippen molar-refractivity contribution in [3.8, 4) is 0 Å². The van der Waals surface area contributed by atoms with Crippen LogP contribution in [-0.4, -0.2) is 30.9 Å². The minimum absolute atomic E-state index is 0.0304. The Bertz CT molecular complexity index is 565. The first kappa shape index (κ1) is 15.8. The first-order valence-electron chi connectivity index (χ1n) is 8.68. The number of benzene rings is 1. The van der Waals surface area contributed by atoms with Crippen LogP contribution in [0.3, 0.4) is 0 Å². The molecule has 2 aliphatic heterocycles. The van der Waals surface area contributed by atoms with Crippen molar-refractivity contribution in [1.29, 1.82) is 0 Å². The van der Waals surface area contributed by atoms with E-state index in [0.717, 1.165) is 30.9 Å². The Morgan fingerprint density at radius 2 is 1.83 bits per heavy atom. The van der Waals surface area contributed by atoms with E-state index in [1.165, 1.54) is 25.7 Å². The van der Waals surface area contributed by atoms with Crippen LogP contribution in [0.2, 0.25) is 0 Å². The van der Waals surface area contributed by atoms with Gasteiger partial charge in [-0.05, 0) is 37.8 Å². The van der Waals surface area contributed by atoms with Gasteiger partial charge in [-0.1, -0.05) is 25.0 Å². The molecule has 0 aromatic heterocycles. The quantitative estimate of drug-likeness (QED) is 0.901. The lowest BCUT2D eigenvalue weighted by molar-refractivity contribution is -0.128. The third kappa shape index (κ3) is 4.03. The smallest absolute Gasteiger partial charge is 0.247 e. The molecule has 2 amide bonds. The number of rotatable bonds is 3. The van der Waals surface area contributed by atoms with E-state index in [2.05, 4.69) is 21.6 Å². The topological polar surface area (TPSA) is 61.4 Å². The largest absolute Gasteiger partial charge is 0.370 e. The summed E-state index contributed by atoms with van der Waals surface area (Å²) in [7, 11) is 0. The van der Waals surface area contributed by atoms with E-state index >= 15 is 0 Å². The summed E-state index contributed by atoms with van der Waals surface area (Å²) in [6.45, 7) is 2.07. The van der Waals surface area contributed by atoms with E-state index < -0.39 is 6.04 Å². The molecule has 0 bridgehead atoms. The molecule has 5 heteroatoms. The molecule has 23 heavy (non-hydrogen) atoms. The maximum absolute atomic E-state index is 12.5. The molecule has 3 rings (SSSR count). The molecule has 2 aliphatic rings. The van der Waals surface area contributed by atoms with Gasteiger partial charge in [-0.2, -0.15) is 0 Å². The molecule has 0 radical (unpaired) electrons. The van der Waals surface area contributed by atoms with Gasteiger partial charge in [0.2, 0.25) is 11.8 Å². The van der Waals surface area contributed by atoms with Crippen molar-refractivity contribution in [2.75, 3.05) is 23.3 Å². The van der Waals surface area contributed by atoms with E-state index in [1.54, 1.807) is 0 Å². The molecule has 1 aromatic rings. The molecule has 2 fully saturated rings. The second-order valence-electron chi connectivity index (χ2n) is 6.42. The zero-order chi connectivity index (χ0) is 16.1. The van der Waals surface area contributed by atoms with Crippen LogP contribution in [0.4, 0.5) is 11.4 Å². The lowest BCUT2D eigenvalue weighted by atomic mass is 10.0. The second-order valence-corrected chi connectivity index (χ2v) is 6.42. The van der Waals surface area contributed by atoms with Crippen LogP contribution in [0.15, 0.2) is 24.3 Å². The minimum atomic E-state index is -0.409. The first-order valence-corrected chi connectivity index (χ1v) is 8.68. The van der Waals surface area contributed by atoms with E-state index in [0.29, 0.717) is 12.8 Å². The average Bonchev–Trinajstić information content (AvgIpc) is 2.84. The number of amides is 2. The lowest BCUT2D eigenvalue weighted by Gasteiger charge is -2.27. The maximum Gasteiger partial charge on any atom is 0.247 e. The Balaban J connectivity index is 1.72. The van der Waals surface area contributed by atoms with Crippen LogP contribution < -0.4 is 15.5 Å². The molecule has 2 N–H and O–H groups in total. The molecule has 124 valence electrons. The highest BCUT2D eigenvalue weighted by atomic mass is 16.2. The molecule has 2 heterocycles. The number of carbonyl (C=O) groups is 2. The SMILES string of the molecule is O=C1CCC[C@H](C(=O)Nc2ccccc2N2CCCCCC2)N1. The second kappa shape index (κ2) is 7.49. The highest BCUT2D eigenvalue weighted by Crippen LogP contribution is 2.28. The average molecular weight is 315 g/mol. The van der Waals surface area contributed by atoms with Gasteiger partial charge >= 0.3 is 0 Å². The maximum atomic E-state index is 12.5. The van der Waals surface area contributed by atoms with Crippen molar-refractivity contribution in [2.45, 2.75) is 51.0 Å². The van der Waals surface area contributed by atoms with Crippen molar-refractivity contribution >= 4 is 23.2 Å². The molecule has 1 aromatic carbocycles. The third-order valence-corrected chi connectivity index (χ3v) is 4.66. The number of para-hydroxylation sites is 2. The number of hydrogen-bond acceptors (Lipinski definition) is 3. The van der Waals surface area contributed by atoms with Gasteiger partial charge in [0, 0.05) is 19.5 Å². The van der Waals surface area contributed by atoms with E-state index in [4.69, 9.17) is 0 Å². The molecule has 0 aliphatic carbocycles. The Morgan fingerprint density at radius 3 is 2.57 bits per heavy atom. The van der Waals surface area contributed by atoms with Gasteiger partial charge in [0.25, 0.3) is 0 Å².